The molecule has 8 nitrogen and oxygen atoms in total. The van der Waals surface area contributed by atoms with Gasteiger partial charge in [0.15, 0.2) is 0 Å². The SMILES string of the molecule is Cn1cccc1C(=O)NCCN(C1CCOCC1)C1CCN(S(C)(=O)=O)C1. The summed E-state index contributed by atoms with van der Waals surface area (Å²) in [5, 5.41) is 3.00. The number of nitrogens with one attached hydrogen (secondary N) is 1. The molecular formula is C18H30N4O4S. The summed E-state index contributed by atoms with van der Waals surface area (Å²) in [6.07, 6.45) is 5.84. The zero-order valence-corrected chi connectivity index (χ0v) is 17.0. The molecule has 1 aromatic heterocycles. The summed E-state index contributed by atoms with van der Waals surface area (Å²) in [5.74, 6) is -0.0846. The number of sulfonamides is 1. The molecule has 1 amide bonds. The zero-order chi connectivity index (χ0) is 19.4. The lowest BCUT2D eigenvalue weighted by molar-refractivity contribution is 0.0194. The number of rotatable bonds is 7. The average molecular weight is 399 g/mol. The van der Waals surface area contributed by atoms with Crippen molar-refractivity contribution in [3.8, 4) is 0 Å². The van der Waals surface area contributed by atoms with Crippen LogP contribution in [-0.2, 0) is 21.8 Å². The molecular weight excluding hydrogens is 368 g/mol. The van der Waals surface area contributed by atoms with Crippen molar-refractivity contribution in [2.45, 2.75) is 31.3 Å². The highest BCUT2D eigenvalue weighted by Crippen LogP contribution is 2.24. The summed E-state index contributed by atoms with van der Waals surface area (Å²) in [5.41, 5.74) is 0.636. The number of aromatic nitrogens is 1. The Morgan fingerprint density at radius 1 is 1.30 bits per heavy atom. The summed E-state index contributed by atoms with van der Waals surface area (Å²) in [6.45, 7) is 3.82. The number of amides is 1. The van der Waals surface area contributed by atoms with Crippen LogP contribution in [0.5, 0.6) is 0 Å². The molecule has 1 unspecified atom stereocenters. The van der Waals surface area contributed by atoms with E-state index in [1.165, 1.54) is 6.26 Å². The van der Waals surface area contributed by atoms with Crippen molar-refractivity contribution in [3.63, 3.8) is 0 Å². The fourth-order valence-corrected chi connectivity index (χ4v) is 4.93. The third kappa shape index (κ3) is 5.10. The third-order valence-electron chi connectivity index (χ3n) is 5.56. The molecule has 0 spiro atoms. The summed E-state index contributed by atoms with van der Waals surface area (Å²) in [4.78, 5) is 14.7. The second-order valence-electron chi connectivity index (χ2n) is 7.41. The Bertz CT molecular complexity index is 742. The molecule has 1 aromatic rings. The monoisotopic (exact) mass is 398 g/mol. The Morgan fingerprint density at radius 2 is 2.04 bits per heavy atom. The van der Waals surface area contributed by atoms with Crippen molar-refractivity contribution in [3.05, 3.63) is 24.0 Å². The first-order valence-corrected chi connectivity index (χ1v) is 11.4. The van der Waals surface area contributed by atoms with Crippen molar-refractivity contribution < 1.29 is 17.9 Å². The molecule has 152 valence electrons. The molecule has 3 heterocycles. The Morgan fingerprint density at radius 3 is 2.63 bits per heavy atom. The van der Waals surface area contributed by atoms with Crippen LogP contribution in [0.25, 0.3) is 0 Å². The summed E-state index contributed by atoms with van der Waals surface area (Å²) < 4.78 is 32.6. The van der Waals surface area contributed by atoms with Gasteiger partial charge in [0, 0.05) is 64.7 Å². The van der Waals surface area contributed by atoms with E-state index in [0.29, 0.717) is 37.9 Å². The van der Waals surface area contributed by atoms with E-state index in [9.17, 15) is 13.2 Å². The number of carbonyl (C=O) groups excluding carboxylic acids is 1. The van der Waals surface area contributed by atoms with Crippen LogP contribution in [0, 0.1) is 0 Å². The molecule has 2 saturated heterocycles. The van der Waals surface area contributed by atoms with Gasteiger partial charge < -0.3 is 14.6 Å². The van der Waals surface area contributed by atoms with Crippen LogP contribution in [-0.4, -0.2) is 85.8 Å². The molecule has 0 bridgehead atoms. The third-order valence-corrected chi connectivity index (χ3v) is 6.83. The highest BCUT2D eigenvalue weighted by Gasteiger charge is 2.35. The maximum Gasteiger partial charge on any atom is 0.267 e. The molecule has 0 aromatic carbocycles. The summed E-state index contributed by atoms with van der Waals surface area (Å²) >= 11 is 0. The minimum atomic E-state index is -3.16. The lowest BCUT2D eigenvalue weighted by Crippen LogP contribution is -2.50. The van der Waals surface area contributed by atoms with E-state index < -0.39 is 10.0 Å². The van der Waals surface area contributed by atoms with E-state index in [1.807, 2.05) is 19.3 Å². The first kappa shape index (κ1) is 20.3. The molecule has 3 rings (SSSR count). The molecule has 1 atom stereocenters. The predicted molar refractivity (Wildman–Crippen MR) is 103 cm³/mol. The largest absolute Gasteiger partial charge is 0.381 e. The van der Waals surface area contributed by atoms with E-state index in [1.54, 1.807) is 14.9 Å². The average Bonchev–Trinajstić information content (AvgIpc) is 3.28. The van der Waals surface area contributed by atoms with Gasteiger partial charge in [-0.15, -0.1) is 0 Å². The number of aryl methyl sites for hydroxylation is 1. The molecule has 2 fully saturated rings. The van der Waals surface area contributed by atoms with Gasteiger partial charge in [-0.3, -0.25) is 9.69 Å². The van der Waals surface area contributed by atoms with Gasteiger partial charge in [0.2, 0.25) is 10.0 Å². The predicted octanol–water partition coefficient (Wildman–Crippen LogP) is 0.270. The Kier molecular flexibility index (Phi) is 6.56. The number of hydrogen-bond acceptors (Lipinski definition) is 5. The fraction of sp³-hybridized carbons (Fsp3) is 0.722. The van der Waals surface area contributed by atoms with Gasteiger partial charge in [0.05, 0.1) is 6.26 Å². The minimum Gasteiger partial charge on any atom is -0.381 e. The van der Waals surface area contributed by atoms with E-state index >= 15 is 0 Å². The van der Waals surface area contributed by atoms with Crippen molar-refractivity contribution in [1.82, 2.24) is 19.1 Å². The van der Waals surface area contributed by atoms with Gasteiger partial charge in [-0.05, 0) is 31.4 Å². The molecule has 27 heavy (non-hydrogen) atoms. The van der Waals surface area contributed by atoms with Gasteiger partial charge in [0.25, 0.3) is 5.91 Å². The molecule has 9 heteroatoms. The second-order valence-corrected chi connectivity index (χ2v) is 9.39. The maximum absolute atomic E-state index is 12.3. The Labute approximate surface area is 161 Å². The van der Waals surface area contributed by atoms with Gasteiger partial charge in [0.1, 0.15) is 5.69 Å². The number of ether oxygens (including phenoxy) is 1. The van der Waals surface area contributed by atoms with Crippen LogP contribution in [0.15, 0.2) is 18.3 Å². The first-order valence-electron chi connectivity index (χ1n) is 9.54. The van der Waals surface area contributed by atoms with Crippen molar-refractivity contribution in [2.75, 3.05) is 45.6 Å². The highest BCUT2D eigenvalue weighted by atomic mass is 32.2. The van der Waals surface area contributed by atoms with Crippen molar-refractivity contribution in [2.24, 2.45) is 7.05 Å². The van der Waals surface area contributed by atoms with Gasteiger partial charge in [-0.2, -0.15) is 0 Å². The van der Waals surface area contributed by atoms with Gasteiger partial charge in [-0.1, -0.05) is 0 Å². The van der Waals surface area contributed by atoms with Crippen molar-refractivity contribution in [1.29, 1.82) is 0 Å². The fourth-order valence-electron chi connectivity index (χ4n) is 4.05. The van der Waals surface area contributed by atoms with Crippen LogP contribution in [0.3, 0.4) is 0 Å². The lowest BCUT2D eigenvalue weighted by Gasteiger charge is -2.38. The molecule has 0 aliphatic carbocycles. The summed E-state index contributed by atoms with van der Waals surface area (Å²) in [7, 11) is -1.31. The van der Waals surface area contributed by atoms with E-state index in [4.69, 9.17) is 4.74 Å². The Balaban J connectivity index is 1.60. The van der Waals surface area contributed by atoms with E-state index in [0.717, 1.165) is 32.5 Å². The molecule has 2 aliphatic heterocycles. The first-order chi connectivity index (χ1) is 12.9. The Hall–Kier alpha value is -1.42. The molecule has 0 saturated carbocycles. The standard InChI is InChI=1S/C18H30N4O4S/c1-20-9-3-4-17(20)18(23)19-8-11-22(15-6-12-26-13-7-15)16-5-10-21(14-16)27(2,24)25/h3-4,9,15-16H,5-8,10-14H2,1-2H3,(H,19,23). The number of carbonyl (C=O) groups is 1. The van der Waals surface area contributed by atoms with E-state index in [-0.39, 0.29) is 11.9 Å². The molecule has 2 aliphatic rings. The normalized spacial score (nSPS) is 22.4. The quantitative estimate of drug-likeness (QED) is 0.713. The topological polar surface area (TPSA) is 83.9 Å². The van der Waals surface area contributed by atoms with Crippen LogP contribution in [0.2, 0.25) is 0 Å². The van der Waals surface area contributed by atoms with Gasteiger partial charge >= 0.3 is 0 Å². The number of nitrogens with zero attached hydrogens (tertiary/aromatic N) is 3. The van der Waals surface area contributed by atoms with Gasteiger partial charge in [-0.25, -0.2) is 12.7 Å². The van der Waals surface area contributed by atoms with Crippen LogP contribution >= 0.6 is 0 Å². The molecule has 0 radical (unpaired) electrons. The van der Waals surface area contributed by atoms with Crippen molar-refractivity contribution >= 4 is 15.9 Å². The summed E-state index contributed by atoms with van der Waals surface area (Å²) in [6, 6.07) is 4.21. The number of hydrogen-bond donors (Lipinski definition) is 1. The second kappa shape index (κ2) is 8.72. The van der Waals surface area contributed by atoms with E-state index in [2.05, 4.69) is 10.2 Å². The smallest absolute Gasteiger partial charge is 0.267 e. The van der Waals surface area contributed by atoms with Crippen LogP contribution < -0.4 is 5.32 Å². The lowest BCUT2D eigenvalue weighted by atomic mass is 10.0. The zero-order valence-electron chi connectivity index (χ0n) is 16.1. The minimum absolute atomic E-state index is 0.0846. The van der Waals surface area contributed by atoms with Crippen LogP contribution in [0.4, 0.5) is 0 Å². The molecule has 1 N–H and O–H groups in total. The highest BCUT2D eigenvalue weighted by molar-refractivity contribution is 7.88. The maximum atomic E-state index is 12.3. The van der Waals surface area contributed by atoms with Crippen LogP contribution in [0.1, 0.15) is 29.8 Å².